The van der Waals surface area contributed by atoms with Crippen LogP contribution in [-0.2, 0) is 17.8 Å². The SMILES string of the molecule is COc1cc2c(cc1CNC1CCCN(CC(=O)n3ccnc3)C1c1ccccc1)N(C)C(=O)CC2. The van der Waals surface area contributed by atoms with Gasteiger partial charge in [-0.15, -0.1) is 0 Å². The number of aromatic nitrogens is 2. The summed E-state index contributed by atoms with van der Waals surface area (Å²) in [6.07, 6.45) is 8.15. The molecule has 1 N–H and O–H groups in total. The fourth-order valence-electron chi connectivity index (χ4n) is 5.49. The van der Waals surface area contributed by atoms with Crippen molar-refractivity contribution >= 4 is 17.5 Å². The van der Waals surface area contributed by atoms with E-state index in [4.69, 9.17) is 4.74 Å². The van der Waals surface area contributed by atoms with Crippen LogP contribution >= 0.6 is 0 Å². The normalized spacial score (nSPS) is 20.3. The Bertz CT molecular complexity index is 1210. The first-order chi connectivity index (χ1) is 17.5. The maximum atomic E-state index is 12.9. The Kier molecular flexibility index (Phi) is 7.16. The Hall–Kier alpha value is -3.49. The molecular formula is C28H33N5O3. The highest BCUT2D eigenvalue weighted by atomic mass is 16.5. The summed E-state index contributed by atoms with van der Waals surface area (Å²) in [6, 6.07) is 14.8. The lowest BCUT2D eigenvalue weighted by Gasteiger charge is -2.42. The minimum atomic E-state index is 0.0122. The van der Waals surface area contributed by atoms with Gasteiger partial charge in [-0.2, -0.15) is 0 Å². The van der Waals surface area contributed by atoms with Crippen LogP contribution in [0.2, 0.25) is 0 Å². The molecule has 1 amide bonds. The van der Waals surface area contributed by atoms with E-state index in [0.29, 0.717) is 19.5 Å². The number of benzene rings is 2. The quantitative estimate of drug-likeness (QED) is 0.550. The van der Waals surface area contributed by atoms with Gasteiger partial charge in [0.2, 0.25) is 11.8 Å². The molecule has 0 bridgehead atoms. The molecular weight excluding hydrogens is 454 g/mol. The van der Waals surface area contributed by atoms with E-state index in [0.717, 1.165) is 48.4 Å². The van der Waals surface area contributed by atoms with Gasteiger partial charge in [-0.3, -0.25) is 19.1 Å². The van der Waals surface area contributed by atoms with Crippen LogP contribution in [0.15, 0.2) is 61.2 Å². The Morgan fingerprint density at radius 1 is 1.19 bits per heavy atom. The third kappa shape index (κ3) is 4.92. The third-order valence-electron chi connectivity index (χ3n) is 7.39. The smallest absolute Gasteiger partial charge is 0.246 e. The zero-order valence-corrected chi connectivity index (χ0v) is 20.9. The van der Waals surface area contributed by atoms with E-state index >= 15 is 0 Å². The number of methoxy groups -OCH3 is 1. The van der Waals surface area contributed by atoms with Crippen molar-refractivity contribution in [3.8, 4) is 5.75 Å². The fourth-order valence-corrected chi connectivity index (χ4v) is 5.49. The molecule has 1 aromatic heterocycles. The van der Waals surface area contributed by atoms with Crippen molar-refractivity contribution in [1.29, 1.82) is 0 Å². The topological polar surface area (TPSA) is 79.7 Å². The van der Waals surface area contributed by atoms with Gasteiger partial charge in [0, 0.05) is 49.7 Å². The third-order valence-corrected chi connectivity index (χ3v) is 7.39. The molecule has 5 rings (SSSR count). The second kappa shape index (κ2) is 10.6. The van der Waals surface area contributed by atoms with E-state index < -0.39 is 0 Å². The lowest BCUT2D eigenvalue weighted by Crippen LogP contribution is -2.50. The molecule has 2 aliphatic rings. The Labute approximate surface area is 211 Å². The molecule has 2 aromatic carbocycles. The van der Waals surface area contributed by atoms with Crippen LogP contribution in [0.4, 0.5) is 5.69 Å². The van der Waals surface area contributed by atoms with Gasteiger partial charge < -0.3 is 15.0 Å². The number of imidazole rings is 1. The Balaban J connectivity index is 1.39. The Morgan fingerprint density at radius 3 is 2.78 bits per heavy atom. The number of carbonyl (C=O) groups is 2. The number of anilines is 1. The number of ether oxygens (including phenoxy) is 1. The monoisotopic (exact) mass is 487 g/mol. The minimum absolute atomic E-state index is 0.0122. The van der Waals surface area contributed by atoms with Gasteiger partial charge in [0.15, 0.2) is 0 Å². The average molecular weight is 488 g/mol. The number of likely N-dealkylation sites (tertiary alicyclic amines) is 1. The molecule has 0 saturated carbocycles. The molecule has 0 spiro atoms. The molecule has 0 radical (unpaired) electrons. The summed E-state index contributed by atoms with van der Waals surface area (Å²) in [6.45, 7) is 1.78. The molecule has 188 valence electrons. The molecule has 8 heteroatoms. The second-order valence-corrected chi connectivity index (χ2v) is 9.56. The molecule has 36 heavy (non-hydrogen) atoms. The van der Waals surface area contributed by atoms with Crippen LogP contribution in [0.25, 0.3) is 0 Å². The summed E-state index contributed by atoms with van der Waals surface area (Å²) in [4.78, 5) is 33.2. The van der Waals surface area contributed by atoms with Crippen LogP contribution in [0, 0.1) is 0 Å². The first kappa shape index (κ1) is 24.2. The predicted molar refractivity (Wildman–Crippen MR) is 138 cm³/mol. The van der Waals surface area contributed by atoms with Crippen LogP contribution in [0.3, 0.4) is 0 Å². The molecule has 8 nitrogen and oxygen atoms in total. The van der Waals surface area contributed by atoms with Crippen LogP contribution in [0.5, 0.6) is 5.75 Å². The van der Waals surface area contributed by atoms with Crippen LogP contribution < -0.4 is 15.0 Å². The standard InChI is InChI=1S/C28H33N5O3/c1-31-24-15-22(25(36-2)16-21(24)10-11-26(31)34)17-30-23-9-6-13-32(18-27(35)33-14-12-29-19-33)28(23)20-7-4-3-5-8-20/h3-5,7-8,12,14-16,19,23,28,30H,6,9-11,13,17-18H2,1-2H3. The summed E-state index contributed by atoms with van der Waals surface area (Å²) in [5, 5.41) is 3.78. The maximum Gasteiger partial charge on any atom is 0.246 e. The van der Waals surface area contributed by atoms with E-state index in [1.807, 2.05) is 13.1 Å². The Morgan fingerprint density at radius 2 is 2.03 bits per heavy atom. The number of hydrogen-bond acceptors (Lipinski definition) is 6. The first-order valence-corrected chi connectivity index (χ1v) is 12.5. The summed E-state index contributed by atoms with van der Waals surface area (Å²) < 4.78 is 7.28. The number of fused-ring (bicyclic) bond motifs is 1. The number of carbonyl (C=O) groups excluding carboxylic acids is 2. The number of nitrogens with zero attached hydrogens (tertiary/aromatic N) is 4. The summed E-state index contributed by atoms with van der Waals surface area (Å²) in [5.41, 5.74) is 4.31. The van der Waals surface area contributed by atoms with Crippen molar-refractivity contribution in [2.24, 2.45) is 0 Å². The van der Waals surface area contributed by atoms with E-state index in [1.165, 1.54) is 5.56 Å². The van der Waals surface area contributed by atoms with E-state index in [9.17, 15) is 9.59 Å². The number of rotatable bonds is 7. The van der Waals surface area contributed by atoms with E-state index in [2.05, 4.69) is 51.6 Å². The van der Waals surface area contributed by atoms with Gasteiger partial charge in [-0.05, 0) is 49.1 Å². The number of amides is 1. The molecule has 2 unspecified atom stereocenters. The zero-order chi connectivity index (χ0) is 25.1. The molecule has 1 saturated heterocycles. The van der Waals surface area contributed by atoms with Crippen molar-refractivity contribution in [2.75, 3.05) is 32.1 Å². The minimum Gasteiger partial charge on any atom is -0.496 e. The summed E-state index contributed by atoms with van der Waals surface area (Å²) in [7, 11) is 3.53. The average Bonchev–Trinajstić information content (AvgIpc) is 3.45. The predicted octanol–water partition coefficient (Wildman–Crippen LogP) is 3.44. The van der Waals surface area contributed by atoms with Crippen LogP contribution in [-0.4, -0.2) is 59.6 Å². The van der Waals surface area contributed by atoms with Gasteiger partial charge >= 0.3 is 0 Å². The van der Waals surface area contributed by atoms with Gasteiger partial charge in [-0.25, -0.2) is 4.98 Å². The van der Waals surface area contributed by atoms with Crippen molar-refractivity contribution in [2.45, 2.75) is 44.3 Å². The van der Waals surface area contributed by atoms with Crippen molar-refractivity contribution < 1.29 is 14.3 Å². The molecule has 3 aromatic rings. The number of nitrogens with one attached hydrogen (secondary N) is 1. The van der Waals surface area contributed by atoms with Gasteiger partial charge in [-0.1, -0.05) is 30.3 Å². The molecule has 2 atom stereocenters. The van der Waals surface area contributed by atoms with E-state index in [-0.39, 0.29) is 23.9 Å². The first-order valence-electron chi connectivity index (χ1n) is 12.5. The fraction of sp³-hybridized carbons (Fsp3) is 0.393. The number of piperidine rings is 1. The highest BCUT2D eigenvalue weighted by Crippen LogP contribution is 2.35. The van der Waals surface area contributed by atoms with Crippen molar-refractivity contribution in [1.82, 2.24) is 19.8 Å². The maximum absolute atomic E-state index is 12.9. The molecule has 1 fully saturated rings. The number of aryl methyl sites for hydroxylation is 1. The van der Waals surface area contributed by atoms with E-state index in [1.54, 1.807) is 35.3 Å². The van der Waals surface area contributed by atoms with Gasteiger partial charge in [0.25, 0.3) is 0 Å². The summed E-state index contributed by atoms with van der Waals surface area (Å²) >= 11 is 0. The van der Waals surface area contributed by atoms with Crippen LogP contribution in [0.1, 0.15) is 46.8 Å². The second-order valence-electron chi connectivity index (χ2n) is 9.56. The zero-order valence-electron chi connectivity index (χ0n) is 20.9. The van der Waals surface area contributed by atoms with Gasteiger partial charge in [0.05, 0.1) is 19.7 Å². The molecule has 3 heterocycles. The number of hydrogen-bond donors (Lipinski definition) is 1. The largest absolute Gasteiger partial charge is 0.496 e. The highest BCUT2D eigenvalue weighted by Gasteiger charge is 2.34. The lowest BCUT2D eigenvalue weighted by atomic mass is 9.89. The lowest BCUT2D eigenvalue weighted by molar-refractivity contribution is -0.118. The molecule has 0 aliphatic carbocycles. The highest BCUT2D eigenvalue weighted by molar-refractivity contribution is 5.96. The van der Waals surface area contributed by atoms with Crippen molar-refractivity contribution in [3.05, 3.63) is 77.9 Å². The molecule has 2 aliphatic heterocycles. The van der Waals surface area contributed by atoms with Gasteiger partial charge in [0.1, 0.15) is 12.1 Å². The summed E-state index contributed by atoms with van der Waals surface area (Å²) in [5.74, 6) is 0.988. The van der Waals surface area contributed by atoms with Crippen molar-refractivity contribution in [3.63, 3.8) is 0 Å².